The highest BCUT2D eigenvalue weighted by Crippen LogP contribution is 2.11. The van der Waals surface area contributed by atoms with Crippen LogP contribution in [0.5, 0.6) is 0 Å². The van der Waals surface area contributed by atoms with Gasteiger partial charge in [0, 0.05) is 39.8 Å². The second kappa shape index (κ2) is 12.1. The second-order valence-electron chi connectivity index (χ2n) is 7.51. The third kappa shape index (κ3) is 12.0. The topological polar surface area (TPSA) is 130 Å². The van der Waals surface area contributed by atoms with E-state index in [0.29, 0.717) is 32.2 Å². The third-order valence-electron chi connectivity index (χ3n) is 3.78. The summed E-state index contributed by atoms with van der Waals surface area (Å²) in [5.74, 6) is 0.383. The normalized spacial score (nSPS) is 18.4. The Morgan fingerprint density at radius 2 is 1.82 bits per heavy atom. The van der Waals surface area contributed by atoms with Crippen LogP contribution in [0.3, 0.4) is 0 Å². The van der Waals surface area contributed by atoms with E-state index in [1.807, 2.05) is 0 Å². The van der Waals surface area contributed by atoms with E-state index in [9.17, 15) is 13.2 Å². The van der Waals surface area contributed by atoms with E-state index in [0.717, 1.165) is 19.3 Å². The maximum atomic E-state index is 12.1. The van der Waals surface area contributed by atoms with Crippen LogP contribution in [0.1, 0.15) is 40.0 Å². The van der Waals surface area contributed by atoms with E-state index in [1.54, 1.807) is 27.8 Å². The summed E-state index contributed by atoms with van der Waals surface area (Å²) in [7, 11) is -1.80. The number of aliphatic imine (C=N–C) groups is 1. The standard InChI is InChI=1S/C17H35N5O5S/c1-17(2,3)27-16(23)21-9-8-19-15(18-4)20-10-12-28(24,25)22-13-14-7-5-6-11-26-14/h14,22H,5-13H2,1-4H3,(H,21,23)(H2,18,19,20). The predicted octanol–water partition coefficient (Wildman–Crippen LogP) is 0.165. The van der Waals surface area contributed by atoms with Crippen LogP contribution >= 0.6 is 0 Å². The zero-order valence-corrected chi connectivity index (χ0v) is 18.2. The van der Waals surface area contributed by atoms with E-state index >= 15 is 0 Å². The second-order valence-corrected chi connectivity index (χ2v) is 9.44. The lowest BCUT2D eigenvalue weighted by Gasteiger charge is -2.22. The van der Waals surface area contributed by atoms with Crippen LogP contribution in [-0.2, 0) is 19.5 Å². The van der Waals surface area contributed by atoms with Gasteiger partial charge in [-0.2, -0.15) is 0 Å². The molecule has 0 aromatic rings. The fraction of sp³-hybridized carbons (Fsp3) is 0.882. The molecule has 164 valence electrons. The van der Waals surface area contributed by atoms with Crippen LogP contribution < -0.4 is 20.7 Å². The molecule has 1 heterocycles. The van der Waals surface area contributed by atoms with Crippen molar-refractivity contribution in [2.75, 3.05) is 45.6 Å². The Kier molecular flexibility index (Phi) is 10.5. The molecule has 0 aromatic carbocycles. The summed E-state index contributed by atoms with van der Waals surface area (Å²) in [5.41, 5.74) is -0.544. The fourth-order valence-corrected chi connectivity index (χ4v) is 3.40. The van der Waals surface area contributed by atoms with Crippen molar-refractivity contribution in [1.29, 1.82) is 0 Å². The molecule has 0 spiro atoms. The van der Waals surface area contributed by atoms with Gasteiger partial charge in [-0.15, -0.1) is 0 Å². The number of carbonyl (C=O) groups excluding carboxylic acids is 1. The molecule has 11 heteroatoms. The minimum Gasteiger partial charge on any atom is -0.444 e. The van der Waals surface area contributed by atoms with Crippen LogP contribution in [0.4, 0.5) is 4.79 Å². The van der Waals surface area contributed by atoms with Gasteiger partial charge in [0.2, 0.25) is 10.0 Å². The van der Waals surface area contributed by atoms with Crippen molar-refractivity contribution in [1.82, 2.24) is 20.7 Å². The molecule has 1 fully saturated rings. The average molecular weight is 422 g/mol. The summed E-state index contributed by atoms with van der Waals surface area (Å²) in [6, 6.07) is 0. The Balaban J connectivity index is 2.18. The number of alkyl carbamates (subject to hydrolysis) is 1. The number of hydrogen-bond donors (Lipinski definition) is 4. The number of nitrogens with zero attached hydrogens (tertiary/aromatic N) is 1. The number of rotatable bonds is 9. The lowest BCUT2D eigenvalue weighted by Crippen LogP contribution is -2.44. The monoisotopic (exact) mass is 421 g/mol. The molecular weight excluding hydrogens is 386 g/mol. The lowest BCUT2D eigenvalue weighted by molar-refractivity contribution is 0.0200. The third-order valence-corrected chi connectivity index (χ3v) is 5.13. The highest BCUT2D eigenvalue weighted by Gasteiger charge is 2.18. The Hall–Kier alpha value is -1.59. The van der Waals surface area contributed by atoms with Crippen LogP contribution in [0.15, 0.2) is 4.99 Å². The molecule has 1 amide bonds. The average Bonchev–Trinajstić information content (AvgIpc) is 2.61. The maximum Gasteiger partial charge on any atom is 0.407 e. The molecule has 4 N–H and O–H groups in total. The number of hydrogen-bond acceptors (Lipinski definition) is 6. The molecule has 0 aliphatic carbocycles. The van der Waals surface area contributed by atoms with Crippen molar-refractivity contribution in [2.24, 2.45) is 4.99 Å². The Morgan fingerprint density at radius 1 is 1.14 bits per heavy atom. The van der Waals surface area contributed by atoms with Gasteiger partial charge in [-0.3, -0.25) is 4.99 Å². The van der Waals surface area contributed by atoms with Crippen molar-refractivity contribution in [3.63, 3.8) is 0 Å². The quantitative estimate of drug-likeness (QED) is 0.237. The Morgan fingerprint density at radius 3 is 2.43 bits per heavy atom. The highest BCUT2D eigenvalue weighted by atomic mass is 32.2. The van der Waals surface area contributed by atoms with Crippen molar-refractivity contribution in [2.45, 2.75) is 51.7 Å². The minimum atomic E-state index is -3.39. The maximum absolute atomic E-state index is 12.1. The Bertz CT molecular complexity index is 598. The van der Waals surface area contributed by atoms with Gasteiger partial charge in [0.1, 0.15) is 5.60 Å². The van der Waals surface area contributed by atoms with Crippen LogP contribution in [0.2, 0.25) is 0 Å². The van der Waals surface area contributed by atoms with Crippen molar-refractivity contribution < 1.29 is 22.7 Å². The van der Waals surface area contributed by atoms with Gasteiger partial charge in [-0.25, -0.2) is 17.9 Å². The predicted molar refractivity (Wildman–Crippen MR) is 109 cm³/mol. The summed E-state index contributed by atoms with van der Waals surface area (Å²) in [6.07, 6.45) is 2.46. The molecular formula is C17H35N5O5S. The number of carbonyl (C=O) groups is 1. The molecule has 0 saturated carbocycles. The summed E-state index contributed by atoms with van der Waals surface area (Å²) in [5, 5.41) is 8.55. The molecule has 0 radical (unpaired) electrons. The first-order chi connectivity index (χ1) is 13.1. The summed E-state index contributed by atoms with van der Waals surface area (Å²) in [4.78, 5) is 15.6. The molecule has 10 nitrogen and oxygen atoms in total. The number of nitrogens with one attached hydrogen (secondary N) is 4. The minimum absolute atomic E-state index is 0.0385. The zero-order valence-electron chi connectivity index (χ0n) is 17.3. The van der Waals surface area contributed by atoms with Gasteiger partial charge >= 0.3 is 6.09 Å². The number of amides is 1. The van der Waals surface area contributed by atoms with Gasteiger partial charge in [-0.05, 0) is 40.0 Å². The van der Waals surface area contributed by atoms with E-state index < -0.39 is 21.7 Å². The largest absolute Gasteiger partial charge is 0.444 e. The molecule has 0 aromatic heterocycles. The summed E-state index contributed by atoms with van der Waals surface area (Å²) in [6.45, 7) is 7.36. The van der Waals surface area contributed by atoms with Gasteiger partial charge < -0.3 is 25.4 Å². The van der Waals surface area contributed by atoms with E-state index in [2.05, 4.69) is 25.7 Å². The molecule has 28 heavy (non-hydrogen) atoms. The van der Waals surface area contributed by atoms with Crippen molar-refractivity contribution in [3.8, 4) is 0 Å². The van der Waals surface area contributed by atoms with Gasteiger partial charge in [0.05, 0.1) is 11.9 Å². The van der Waals surface area contributed by atoms with Gasteiger partial charge in [-0.1, -0.05) is 0 Å². The van der Waals surface area contributed by atoms with Crippen LogP contribution in [-0.4, -0.2) is 77.8 Å². The van der Waals surface area contributed by atoms with Gasteiger partial charge in [0.25, 0.3) is 0 Å². The van der Waals surface area contributed by atoms with Crippen LogP contribution in [0.25, 0.3) is 0 Å². The first-order valence-electron chi connectivity index (χ1n) is 9.61. The number of guanidine groups is 1. The molecule has 0 bridgehead atoms. The van der Waals surface area contributed by atoms with Crippen molar-refractivity contribution in [3.05, 3.63) is 0 Å². The molecule has 1 saturated heterocycles. The molecule has 1 aliphatic heterocycles. The zero-order chi connectivity index (χ0) is 21.0. The van der Waals surface area contributed by atoms with E-state index in [1.165, 1.54) is 0 Å². The lowest BCUT2D eigenvalue weighted by atomic mass is 10.1. The number of ether oxygens (including phenoxy) is 2. The first-order valence-corrected chi connectivity index (χ1v) is 11.3. The van der Waals surface area contributed by atoms with Gasteiger partial charge in [0.15, 0.2) is 5.96 Å². The molecule has 1 aliphatic rings. The molecule has 1 atom stereocenters. The van der Waals surface area contributed by atoms with E-state index in [4.69, 9.17) is 9.47 Å². The molecule has 1 rings (SSSR count). The SMILES string of the molecule is CN=C(NCCNC(=O)OC(C)(C)C)NCCS(=O)(=O)NCC1CCCCO1. The summed E-state index contributed by atoms with van der Waals surface area (Å²) >= 11 is 0. The summed E-state index contributed by atoms with van der Waals surface area (Å²) < 4.78 is 37.4. The van der Waals surface area contributed by atoms with Crippen molar-refractivity contribution >= 4 is 22.1 Å². The molecule has 1 unspecified atom stereocenters. The van der Waals surface area contributed by atoms with E-state index in [-0.39, 0.29) is 18.4 Å². The first kappa shape index (κ1) is 24.4. The fourth-order valence-electron chi connectivity index (χ4n) is 2.44. The smallest absolute Gasteiger partial charge is 0.407 e. The highest BCUT2D eigenvalue weighted by molar-refractivity contribution is 7.89. The number of sulfonamides is 1. The Labute approximate surface area is 168 Å². The van der Waals surface area contributed by atoms with Crippen LogP contribution in [0, 0.1) is 0 Å².